The Hall–Kier alpha value is -0.760. The summed E-state index contributed by atoms with van der Waals surface area (Å²) < 4.78 is 5.21. The molecule has 1 aliphatic carbocycles. The fraction of sp³-hybridized carbons (Fsp3) is 0.636. The van der Waals surface area contributed by atoms with Crippen molar-refractivity contribution in [3.8, 4) is 0 Å². The quantitative estimate of drug-likeness (QED) is 0.771. The second kappa shape index (κ2) is 3.18. The third-order valence-corrected chi connectivity index (χ3v) is 2.56. The average molecular weight is 180 g/mol. The molecular weight excluding hydrogens is 164 g/mol. The monoisotopic (exact) mass is 180 g/mol. The van der Waals surface area contributed by atoms with Gasteiger partial charge in [0, 0.05) is 6.42 Å². The maximum absolute atomic E-state index is 10.0. The molecule has 0 spiro atoms. The molecule has 2 heteroatoms. The topological polar surface area (TPSA) is 33.4 Å². The lowest BCUT2D eigenvalue weighted by Gasteiger charge is -2.21. The zero-order valence-corrected chi connectivity index (χ0v) is 7.99. The Morgan fingerprint density at radius 3 is 2.92 bits per heavy atom. The van der Waals surface area contributed by atoms with Crippen LogP contribution in [0.4, 0.5) is 0 Å². The van der Waals surface area contributed by atoms with E-state index in [1.165, 1.54) is 12.8 Å². The predicted octanol–water partition coefficient (Wildman–Crippen LogP) is 2.37. The van der Waals surface area contributed by atoms with Gasteiger partial charge < -0.3 is 9.52 Å². The van der Waals surface area contributed by atoms with Gasteiger partial charge in [-0.3, -0.25) is 0 Å². The van der Waals surface area contributed by atoms with Crippen LogP contribution in [0.2, 0.25) is 0 Å². The van der Waals surface area contributed by atoms with E-state index >= 15 is 0 Å². The SMILES string of the molecule is CC(O)(Cc1ccco1)CC1CC1. The summed E-state index contributed by atoms with van der Waals surface area (Å²) in [6.45, 7) is 1.90. The van der Waals surface area contributed by atoms with Gasteiger partial charge in [-0.15, -0.1) is 0 Å². The summed E-state index contributed by atoms with van der Waals surface area (Å²) in [7, 11) is 0. The minimum absolute atomic E-state index is 0.584. The lowest BCUT2D eigenvalue weighted by atomic mass is 9.94. The molecule has 1 saturated carbocycles. The van der Waals surface area contributed by atoms with Crippen LogP contribution in [-0.4, -0.2) is 10.7 Å². The van der Waals surface area contributed by atoms with Crippen molar-refractivity contribution < 1.29 is 9.52 Å². The van der Waals surface area contributed by atoms with Crippen LogP contribution in [0.15, 0.2) is 22.8 Å². The molecule has 1 aliphatic rings. The fourth-order valence-corrected chi connectivity index (χ4v) is 1.80. The summed E-state index contributed by atoms with van der Waals surface area (Å²) in [6, 6.07) is 3.78. The summed E-state index contributed by atoms with van der Waals surface area (Å²) >= 11 is 0. The van der Waals surface area contributed by atoms with Gasteiger partial charge in [-0.2, -0.15) is 0 Å². The first kappa shape index (κ1) is 8.82. The third kappa shape index (κ3) is 2.59. The van der Waals surface area contributed by atoms with E-state index in [0.29, 0.717) is 6.42 Å². The van der Waals surface area contributed by atoms with Gasteiger partial charge in [-0.25, -0.2) is 0 Å². The van der Waals surface area contributed by atoms with Crippen molar-refractivity contribution in [1.82, 2.24) is 0 Å². The molecule has 1 atom stereocenters. The molecule has 2 rings (SSSR count). The van der Waals surface area contributed by atoms with E-state index in [-0.39, 0.29) is 0 Å². The maximum atomic E-state index is 10.0. The molecule has 1 unspecified atom stereocenters. The van der Waals surface area contributed by atoms with Gasteiger partial charge in [0.2, 0.25) is 0 Å². The Labute approximate surface area is 78.6 Å². The van der Waals surface area contributed by atoms with Crippen LogP contribution in [0, 0.1) is 5.92 Å². The molecule has 2 nitrogen and oxygen atoms in total. The smallest absolute Gasteiger partial charge is 0.106 e. The standard InChI is InChI=1S/C11H16O2/c1-11(12,7-9-4-5-9)8-10-3-2-6-13-10/h2-3,6,9,12H,4-5,7-8H2,1H3. The molecule has 1 fully saturated rings. The fourth-order valence-electron chi connectivity index (χ4n) is 1.80. The van der Waals surface area contributed by atoms with E-state index < -0.39 is 5.60 Å². The first-order chi connectivity index (χ1) is 6.16. The van der Waals surface area contributed by atoms with Crippen molar-refractivity contribution in [3.63, 3.8) is 0 Å². The zero-order chi connectivity index (χ0) is 9.31. The molecule has 0 radical (unpaired) electrons. The molecule has 0 saturated heterocycles. The van der Waals surface area contributed by atoms with E-state index in [1.54, 1.807) is 6.26 Å². The van der Waals surface area contributed by atoms with Crippen molar-refractivity contribution in [3.05, 3.63) is 24.2 Å². The first-order valence-electron chi connectivity index (χ1n) is 4.90. The van der Waals surface area contributed by atoms with Gasteiger partial charge in [0.25, 0.3) is 0 Å². The summed E-state index contributed by atoms with van der Waals surface area (Å²) in [4.78, 5) is 0. The van der Waals surface area contributed by atoms with E-state index in [2.05, 4.69) is 0 Å². The Kier molecular flexibility index (Phi) is 2.16. The highest BCUT2D eigenvalue weighted by atomic mass is 16.3. The largest absolute Gasteiger partial charge is 0.469 e. The van der Waals surface area contributed by atoms with Crippen molar-refractivity contribution in [2.24, 2.45) is 5.92 Å². The molecule has 1 N–H and O–H groups in total. The highest BCUT2D eigenvalue weighted by Gasteiger charge is 2.32. The van der Waals surface area contributed by atoms with Crippen molar-refractivity contribution in [2.45, 2.75) is 38.2 Å². The zero-order valence-electron chi connectivity index (χ0n) is 7.99. The molecule has 13 heavy (non-hydrogen) atoms. The summed E-state index contributed by atoms with van der Waals surface area (Å²) in [6.07, 6.45) is 5.77. The number of hydrogen-bond donors (Lipinski definition) is 1. The van der Waals surface area contributed by atoms with E-state index in [0.717, 1.165) is 18.1 Å². The van der Waals surface area contributed by atoms with Crippen LogP contribution in [0.3, 0.4) is 0 Å². The van der Waals surface area contributed by atoms with Crippen LogP contribution in [-0.2, 0) is 6.42 Å². The van der Waals surface area contributed by atoms with Gasteiger partial charge in [0.05, 0.1) is 11.9 Å². The maximum Gasteiger partial charge on any atom is 0.106 e. The van der Waals surface area contributed by atoms with Crippen molar-refractivity contribution in [1.29, 1.82) is 0 Å². The van der Waals surface area contributed by atoms with Gasteiger partial charge in [-0.05, 0) is 31.4 Å². The van der Waals surface area contributed by atoms with Crippen molar-refractivity contribution in [2.75, 3.05) is 0 Å². The Morgan fingerprint density at radius 1 is 1.62 bits per heavy atom. The number of hydrogen-bond acceptors (Lipinski definition) is 2. The lowest BCUT2D eigenvalue weighted by Crippen LogP contribution is -2.27. The predicted molar refractivity (Wildman–Crippen MR) is 50.4 cm³/mol. The van der Waals surface area contributed by atoms with Crippen LogP contribution < -0.4 is 0 Å². The van der Waals surface area contributed by atoms with Crippen molar-refractivity contribution >= 4 is 0 Å². The summed E-state index contributed by atoms with van der Waals surface area (Å²) in [5.74, 6) is 1.63. The third-order valence-electron chi connectivity index (χ3n) is 2.56. The molecule has 0 amide bonds. The van der Waals surface area contributed by atoms with E-state index in [4.69, 9.17) is 4.42 Å². The molecule has 0 aromatic carbocycles. The van der Waals surface area contributed by atoms with E-state index in [9.17, 15) is 5.11 Å². The molecule has 72 valence electrons. The minimum Gasteiger partial charge on any atom is -0.469 e. The lowest BCUT2D eigenvalue weighted by molar-refractivity contribution is 0.0405. The van der Waals surface area contributed by atoms with Crippen LogP contribution in [0.5, 0.6) is 0 Å². The minimum atomic E-state index is -0.584. The average Bonchev–Trinajstić information content (AvgIpc) is 2.64. The molecule has 1 aromatic rings. The van der Waals surface area contributed by atoms with Crippen LogP contribution in [0.25, 0.3) is 0 Å². The highest BCUT2D eigenvalue weighted by molar-refractivity contribution is 5.02. The Balaban J connectivity index is 1.90. The molecule has 1 aromatic heterocycles. The number of aliphatic hydroxyl groups is 1. The van der Waals surface area contributed by atoms with Crippen LogP contribution >= 0.6 is 0 Å². The summed E-state index contributed by atoms with van der Waals surface area (Å²) in [5.41, 5.74) is -0.584. The van der Waals surface area contributed by atoms with Gasteiger partial charge >= 0.3 is 0 Å². The number of rotatable bonds is 4. The van der Waals surface area contributed by atoms with Gasteiger partial charge in [-0.1, -0.05) is 12.8 Å². The second-order valence-electron chi connectivity index (χ2n) is 4.40. The van der Waals surface area contributed by atoms with Gasteiger partial charge in [0.15, 0.2) is 0 Å². The Morgan fingerprint density at radius 2 is 2.38 bits per heavy atom. The normalized spacial score (nSPS) is 21.4. The second-order valence-corrected chi connectivity index (χ2v) is 4.40. The number of furan rings is 1. The molecule has 1 heterocycles. The molecule has 0 aliphatic heterocycles. The van der Waals surface area contributed by atoms with Gasteiger partial charge in [0.1, 0.15) is 5.76 Å². The molecule has 0 bridgehead atoms. The highest BCUT2D eigenvalue weighted by Crippen LogP contribution is 2.37. The molecular formula is C11H16O2. The Bertz CT molecular complexity index is 258. The van der Waals surface area contributed by atoms with Crippen LogP contribution in [0.1, 0.15) is 31.9 Å². The first-order valence-corrected chi connectivity index (χ1v) is 4.90. The summed E-state index contributed by atoms with van der Waals surface area (Å²) in [5, 5.41) is 10.0. The van der Waals surface area contributed by atoms with E-state index in [1.807, 2.05) is 19.1 Å².